The monoisotopic (exact) mass is 277 g/mol. The highest BCUT2D eigenvalue weighted by atomic mass is 14.8. The first-order valence-electron chi connectivity index (χ1n) is 8.02. The minimum absolute atomic E-state index is 0.526. The zero-order valence-electron chi connectivity index (χ0n) is 12.8. The lowest BCUT2D eigenvalue weighted by atomic mass is 9.81. The second-order valence-electron chi connectivity index (χ2n) is 6.13. The first-order chi connectivity index (χ1) is 10.3. The number of rotatable bonds is 2. The second-order valence-corrected chi connectivity index (χ2v) is 6.13. The molecule has 2 unspecified atom stereocenters. The summed E-state index contributed by atoms with van der Waals surface area (Å²) < 4.78 is 0. The van der Waals surface area contributed by atoms with Gasteiger partial charge in [-0.25, -0.2) is 0 Å². The van der Waals surface area contributed by atoms with E-state index < -0.39 is 0 Å². The van der Waals surface area contributed by atoms with Crippen molar-refractivity contribution in [2.24, 2.45) is 16.8 Å². The molecule has 0 aromatic rings. The maximum Gasteiger partial charge on any atom is 0.0372 e. The number of hydrogen-bond donors (Lipinski definition) is 0. The first kappa shape index (κ1) is 14.1. The Morgan fingerprint density at radius 1 is 1.24 bits per heavy atom. The predicted octanol–water partition coefficient (Wildman–Crippen LogP) is 5.31. The molecule has 3 aliphatic rings. The summed E-state index contributed by atoms with van der Waals surface area (Å²) in [5.41, 5.74) is 7.29. The van der Waals surface area contributed by atoms with Gasteiger partial charge in [-0.15, -0.1) is 5.73 Å². The minimum atomic E-state index is 0.526. The van der Waals surface area contributed by atoms with Crippen molar-refractivity contribution in [1.29, 1.82) is 0 Å². The quantitative estimate of drug-likeness (QED) is 0.479. The Balaban J connectivity index is 1.84. The second kappa shape index (κ2) is 6.74. The summed E-state index contributed by atoms with van der Waals surface area (Å²) in [5, 5.41) is 0. The molecule has 0 N–H and O–H groups in total. The van der Waals surface area contributed by atoms with Crippen LogP contribution in [0.25, 0.3) is 0 Å². The molecule has 0 aromatic carbocycles. The van der Waals surface area contributed by atoms with E-state index in [0.717, 1.165) is 25.7 Å². The Morgan fingerprint density at radius 3 is 3.14 bits per heavy atom. The number of fused-ring (bicyclic) bond motifs is 1. The van der Waals surface area contributed by atoms with Crippen molar-refractivity contribution in [2.45, 2.75) is 39.0 Å². The summed E-state index contributed by atoms with van der Waals surface area (Å²) >= 11 is 0. The highest BCUT2D eigenvalue weighted by Crippen LogP contribution is 2.33. The standard InChI is InChI=1S/C20H23N/c1-16-12-13-19(14-17-8-4-2-3-5-9-17)18-10-6-7-11-20(15-18)21-16/h2-6,8,10,15,18-19H,7,11-14H2,1H3. The molecule has 2 bridgehead atoms. The van der Waals surface area contributed by atoms with Crippen LogP contribution >= 0.6 is 0 Å². The van der Waals surface area contributed by atoms with Gasteiger partial charge in [0.25, 0.3) is 0 Å². The van der Waals surface area contributed by atoms with E-state index in [2.05, 4.69) is 49.1 Å². The average Bonchev–Trinajstić information content (AvgIpc) is 2.85. The summed E-state index contributed by atoms with van der Waals surface area (Å²) in [5.74, 6) is 1.18. The molecule has 0 radical (unpaired) electrons. The Bertz CT molecular complexity index is 604. The lowest BCUT2D eigenvalue weighted by Gasteiger charge is -2.24. The molecular formula is C20H23N. The molecule has 0 fully saturated rings. The smallest absolute Gasteiger partial charge is 0.0372 e. The average molecular weight is 277 g/mol. The fraction of sp³-hybridized carbons (Fsp3) is 0.400. The van der Waals surface area contributed by atoms with Crippen LogP contribution in [0.3, 0.4) is 0 Å². The molecule has 0 amide bonds. The zero-order valence-corrected chi connectivity index (χ0v) is 12.8. The lowest BCUT2D eigenvalue weighted by molar-refractivity contribution is 0.424. The molecule has 0 saturated carbocycles. The van der Waals surface area contributed by atoms with Gasteiger partial charge in [-0.1, -0.05) is 42.5 Å². The highest BCUT2D eigenvalue weighted by molar-refractivity contribution is 5.83. The predicted molar refractivity (Wildman–Crippen MR) is 90.3 cm³/mol. The van der Waals surface area contributed by atoms with Crippen molar-refractivity contribution in [2.75, 3.05) is 0 Å². The Morgan fingerprint density at radius 2 is 2.19 bits per heavy atom. The van der Waals surface area contributed by atoms with Gasteiger partial charge in [0, 0.05) is 11.4 Å². The summed E-state index contributed by atoms with van der Waals surface area (Å²) in [6, 6.07) is 0. The molecule has 2 atom stereocenters. The highest BCUT2D eigenvalue weighted by Gasteiger charge is 2.22. The maximum absolute atomic E-state index is 4.80. The normalized spacial score (nSPS) is 28.0. The summed E-state index contributed by atoms with van der Waals surface area (Å²) in [6.45, 7) is 2.17. The number of allylic oxidation sites excluding steroid dienone is 9. The van der Waals surface area contributed by atoms with E-state index in [-0.39, 0.29) is 0 Å². The molecule has 0 saturated heterocycles. The molecule has 0 spiro atoms. The van der Waals surface area contributed by atoms with Crippen LogP contribution in [0.15, 0.2) is 70.6 Å². The van der Waals surface area contributed by atoms with Crippen molar-refractivity contribution < 1.29 is 0 Å². The van der Waals surface area contributed by atoms with E-state index in [4.69, 9.17) is 4.99 Å². The van der Waals surface area contributed by atoms with Gasteiger partial charge in [0.1, 0.15) is 0 Å². The van der Waals surface area contributed by atoms with Gasteiger partial charge in [0.15, 0.2) is 0 Å². The molecule has 3 rings (SSSR count). The van der Waals surface area contributed by atoms with E-state index in [1.54, 1.807) is 0 Å². The van der Waals surface area contributed by atoms with Crippen LogP contribution in [0.4, 0.5) is 0 Å². The maximum atomic E-state index is 4.80. The molecule has 108 valence electrons. The van der Waals surface area contributed by atoms with E-state index >= 15 is 0 Å². The molecule has 1 heteroatoms. The Hall–Kier alpha value is -1.85. The van der Waals surface area contributed by atoms with Crippen molar-refractivity contribution in [3.8, 4) is 0 Å². The fourth-order valence-corrected chi connectivity index (χ4v) is 3.26. The third kappa shape index (κ3) is 3.83. The molecule has 1 nitrogen and oxygen atoms in total. The van der Waals surface area contributed by atoms with E-state index in [1.807, 2.05) is 12.2 Å². The van der Waals surface area contributed by atoms with Crippen LogP contribution in [-0.2, 0) is 0 Å². The van der Waals surface area contributed by atoms with Crippen LogP contribution < -0.4 is 0 Å². The van der Waals surface area contributed by atoms with Gasteiger partial charge in [-0.3, -0.25) is 4.99 Å². The number of nitrogens with zero attached hydrogens (tertiary/aromatic N) is 1. The van der Waals surface area contributed by atoms with Gasteiger partial charge in [0.2, 0.25) is 0 Å². The molecule has 1 aliphatic heterocycles. The van der Waals surface area contributed by atoms with Gasteiger partial charge in [-0.05, 0) is 62.5 Å². The van der Waals surface area contributed by atoms with Crippen molar-refractivity contribution in [3.05, 3.63) is 65.6 Å². The third-order valence-corrected chi connectivity index (χ3v) is 4.43. The Labute approximate surface area is 127 Å². The summed E-state index contributed by atoms with van der Waals surface area (Å²) in [7, 11) is 0. The topological polar surface area (TPSA) is 12.4 Å². The van der Waals surface area contributed by atoms with Crippen LogP contribution in [-0.4, -0.2) is 5.71 Å². The van der Waals surface area contributed by atoms with Gasteiger partial charge < -0.3 is 0 Å². The molecule has 21 heavy (non-hydrogen) atoms. The van der Waals surface area contributed by atoms with Crippen LogP contribution in [0.1, 0.15) is 39.0 Å². The molecule has 2 aliphatic carbocycles. The number of aliphatic imine (C=N–C) groups is 1. The molecule has 1 heterocycles. The molecule has 0 aromatic heterocycles. The van der Waals surface area contributed by atoms with Crippen molar-refractivity contribution >= 4 is 5.71 Å². The van der Waals surface area contributed by atoms with Gasteiger partial charge in [-0.2, -0.15) is 0 Å². The van der Waals surface area contributed by atoms with Gasteiger partial charge >= 0.3 is 0 Å². The molecular weight excluding hydrogens is 254 g/mol. The summed E-state index contributed by atoms with van der Waals surface area (Å²) in [6.07, 6.45) is 23.2. The SMILES string of the molecule is CC1=NC2=CC(C=CCC2)C(CC2=C=CC=CC=C2)CC1. The largest absolute Gasteiger partial charge is 0.263 e. The van der Waals surface area contributed by atoms with E-state index in [0.29, 0.717) is 11.8 Å². The zero-order chi connectivity index (χ0) is 14.5. The van der Waals surface area contributed by atoms with Gasteiger partial charge in [0.05, 0.1) is 0 Å². The van der Waals surface area contributed by atoms with Crippen LogP contribution in [0.2, 0.25) is 0 Å². The van der Waals surface area contributed by atoms with Crippen LogP contribution in [0.5, 0.6) is 0 Å². The lowest BCUT2D eigenvalue weighted by Crippen LogP contribution is -2.15. The number of hydrogen-bond acceptors (Lipinski definition) is 1. The van der Waals surface area contributed by atoms with Crippen LogP contribution in [0, 0.1) is 11.8 Å². The van der Waals surface area contributed by atoms with Crippen molar-refractivity contribution in [1.82, 2.24) is 0 Å². The van der Waals surface area contributed by atoms with E-state index in [1.165, 1.54) is 23.4 Å². The van der Waals surface area contributed by atoms with E-state index in [9.17, 15) is 0 Å². The Kier molecular flexibility index (Phi) is 4.52. The summed E-state index contributed by atoms with van der Waals surface area (Å²) in [4.78, 5) is 4.80. The third-order valence-electron chi connectivity index (χ3n) is 4.43. The first-order valence-corrected chi connectivity index (χ1v) is 8.02. The fourth-order valence-electron chi connectivity index (χ4n) is 3.26. The minimum Gasteiger partial charge on any atom is -0.263 e. The van der Waals surface area contributed by atoms with Crippen molar-refractivity contribution in [3.63, 3.8) is 0 Å².